The minimum absolute atomic E-state index is 0.163. The average molecular weight is 494 g/mol. The highest BCUT2D eigenvalue weighted by molar-refractivity contribution is 7.15. The Bertz CT molecular complexity index is 1630. The molecule has 0 unspecified atom stereocenters. The van der Waals surface area contributed by atoms with Gasteiger partial charge in [-0.2, -0.15) is 4.98 Å². The van der Waals surface area contributed by atoms with Gasteiger partial charge in [-0.3, -0.25) is 24.6 Å². The second-order valence-corrected chi connectivity index (χ2v) is 9.17. The minimum atomic E-state index is -0.458. The van der Waals surface area contributed by atoms with Gasteiger partial charge in [0.1, 0.15) is 0 Å². The zero-order valence-corrected chi connectivity index (χ0v) is 19.7. The molecule has 1 aliphatic rings. The van der Waals surface area contributed by atoms with Crippen LogP contribution in [0, 0.1) is 0 Å². The molecule has 0 atom stereocenters. The number of amides is 3. The number of hydrogen-bond acceptors (Lipinski definition) is 6. The standard InChI is InChI=1S/C27H19N5O3S/c33-23(28-26-29-27-32(30-26)22(16-36-27)18-9-5-2-6-10-18)19-11-12-20-21(15-19)25(35)31(24(20)34)14-13-17-7-3-1-4-8-17/h1-12,15-16H,13-14H2,(H,28,30,33). The summed E-state index contributed by atoms with van der Waals surface area (Å²) in [5.74, 6) is -1.03. The van der Waals surface area contributed by atoms with Gasteiger partial charge in [0.05, 0.1) is 16.8 Å². The lowest BCUT2D eigenvalue weighted by Gasteiger charge is -2.13. The van der Waals surface area contributed by atoms with E-state index in [4.69, 9.17) is 0 Å². The van der Waals surface area contributed by atoms with Crippen LogP contribution in [0.15, 0.2) is 84.2 Å². The first-order chi connectivity index (χ1) is 17.6. The van der Waals surface area contributed by atoms with Gasteiger partial charge in [0, 0.05) is 23.1 Å². The third kappa shape index (κ3) is 3.85. The molecule has 6 rings (SSSR count). The molecule has 0 fully saturated rings. The van der Waals surface area contributed by atoms with Crippen molar-refractivity contribution in [3.05, 3.63) is 106 Å². The topological polar surface area (TPSA) is 96.7 Å². The van der Waals surface area contributed by atoms with Gasteiger partial charge in [-0.05, 0) is 30.2 Å². The molecule has 9 heteroatoms. The van der Waals surface area contributed by atoms with Crippen LogP contribution in [0.1, 0.15) is 36.6 Å². The van der Waals surface area contributed by atoms with E-state index in [1.54, 1.807) is 4.52 Å². The summed E-state index contributed by atoms with van der Waals surface area (Å²) < 4.78 is 1.69. The zero-order chi connectivity index (χ0) is 24.6. The molecule has 0 spiro atoms. The monoisotopic (exact) mass is 493 g/mol. The summed E-state index contributed by atoms with van der Waals surface area (Å²) in [6.07, 6.45) is 0.563. The van der Waals surface area contributed by atoms with Gasteiger partial charge in [-0.25, -0.2) is 4.52 Å². The summed E-state index contributed by atoms with van der Waals surface area (Å²) in [6.45, 7) is 0.275. The molecule has 0 saturated heterocycles. The number of thiazole rings is 1. The molecule has 36 heavy (non-hydrogen) atoms. The quantitative estimate of drug-likeness (QED) is 0.350. The SMILES string of the molecule is O=C(Nc1nc2scc(-c3ccccc3)n2n1)c1ccc2c(c1)C(=O)N(CCc1ccccc1)C2=O. The Morgan fingerprint density at radius 3 is 2.39 bits per heavy atom. The van der Waals surface area contributed by atoms with Gasteiger partial charge in [-0.1, -0.05) is 60.7 Å². The van der Waals surface area contributed by atoms with Crippen molar-refractivity contribution in [2.24, 2.45) is 0 Å². The predicted molar refractivity (Wildman–Crippen MR) is 136 cm³/mol. The third-order valence-electron chi connectivity index (χ3n) is 6.08. The number of carbonyl (C=O) groups excluding carboxylic acids is 3. The Labute approximate surface area is 209 Å². The van der Waals surface area contributed by atoms with Gasteiger partial charge in [0.15, 0.2) is 0 Å². The normalized spacial score (nSPS) is 12.8. The maximum atomic E-state index is 13.0. The molecule has 0 saturated carbocycles. The number of carbonyl (C=O) groups is 3. The Hall–Kier alpha value is -4.63. The number of fused-ring (bicyclic) bond motifs is 2. The van der Waals surface area contributed by atoms with Crippen molar-refractivity contribution >= 4 is 40.0 Å². The van der Waals surface area contributed by atoms with Crippen LogP contribution >= 0.6 is 11.3 Å². The fraction of sp³-hybridized carbons (Fsp3) is 0.0741. The fourth-order valence-electron chi connectivity index (χ4n) is 4.24. The third-order valence-corrected chi connectivity index (χ3v) is 6.89. The van der Waals surface area contributed by atoms with Crippen molar-refractivity contribution in [2.75, 3.05) is 11.9 Å². The van der Waals surface area contributed by atoms with Crippen molar-refractivity contribution in [3.63, 3.8) is 0 Å². The molecule has 3 amide bonds. The van der Waals surface area contributed by atoms with E-state index < -0.39 is 11.8 Å². The molecule has 1 N–H and O–H groups in total. The molecule has 5 aromatic rings. The Balaban J connectivity index is 1.20. The predicted octanol–water partition coefficient (Wildman–Crippen LogP) is 4.55. The lowest BCUT2D eigenvalue weighted by molar-refractivity contribution is 0.0656. The van der Waals surface area contributed by atoms with Gasteiger partial charge >= 0.3 is 0 Å². The van der Waals surface area contributed by atoms with Gasteiger partial charge in [0.2, 0.25) is 4.96 Å². The maximum absolute atomic E-state index is 13.0. The van der Waals surface area contributed by atoms with E-state index >= 15 is 0 Å². The summed E-state index contributed by atoms with van der Waals surface area (Å²) in [7, 11) is 0. The molecular formula is C27H19N5O3S. The number of nitrogens with one attached hydrogen (secondary N) is 1. The maximum Gasteiger partial charge on any atom is 0.261 e. The highest BCUT2D eigenvalue weighted by Gasteiger charge is 2.35. The minimum Gasteiger partial charge on any atom is -0.289 e. The number of benzene rings is 3. The Kier molecular flexibility index (Phi) is 5.38. The van der Waals surface area contributed by atoms with E-state index in [0.29, 0.717) is 16.9 Å². The van der Waals surface area contributed by atoms with E-state index in [2.05, 4.69) is 15.4 Å². The number of anilines is 1. The lowest BCUT2D eigenvalue weighted by Crippen LogP contribution is -2.31. The second-order valence-electron chi connectivity index (χ2n) is 8.33. The van der Waals surface area contributed by atoms with Crippen molar-refractivity contribution in [3.8, 4) is 11.3 Å². The fourth-order valence-corrected chi connectivity index (χ4v) is 5.07. The van der Waals surface area contributed by atoms with Crippen LogP contribution in [0.4, 0.5) is 5.95 Å². The van der Waals surface area contributed by atoms with E-state index in [9.17, 15) is 14.4 Å². The average Bonchev–Trinajstić information content (AvgIpc) is 3.55. The molecule has 2 aromatic heterocycles. The van der Waals surface area contributed by atoms with Crippen LogP contribution in [0.5, 0.6) is 0 Å². The molecule has 0 aliphatic carbocycles. The Morgan fingerprint density at radius 2 is 1.61 bits per heavy atom. The van der Waals surface area contributed by atoms with E-state index in [0.717, 1.165) is 16.8 Å². The zero-order valence-electron chi connectivity index (χ0n) is 18.9. The van der Waals surface area contributed by atoms with Crippen LogP contribution in [0.3, 0.4) is 0 Å². The van der Waals surface area contributed by atoms with E-state index in [-0.39, 0.29) is 29.5 Å². The smallest absolute Gasteiger partial charge is 0.261 e. The number of imide groups is 1. The van der Waals surface area contributed by atoms with Crippen molar-refractivity contribution in [1.82, 2.24) is 19.5 Å². The van der Waals surface area contributed by atoms with Crippen LogP contribution < -0.4 is 5.32 Å². The molecule has 3 aromatic carbocycles. The molecular weight excluding hydrogens is 474 g/mol. The summed E-state index contributed by atoms with van der Waals surface area (Å²) in [4.78, 5) is 45.0. The molecule has 1 aliphatic heterocycles. The molecule has 0 bridgehead atoms. The first-order valence-corrected chi connectivity index (χ1v) is 12.2. The van der Waals surface area contributed by atoms with Gasteiger partial charge in [0.25, 0.3) is 23.7 Å². The first-order valence-electron chi connectivity index (χ1n) is 11.3. The number of nitrogens with zero attached hydrogens (tertiary/aromatic N) is 4. The van der Waals surface area contributed by atoms with Crippen LogP contribution in [-0.2, 0) is 6.42 Å². The molecule has 176 valence electrons. The van der Waals surface area contributed by atoms with Crippen molar-refractivity contribution in [1.29, 1.82) is 0 Å². The summed E-state index contributed by atoms with van der Waals surface area (Å²) in [5, 5.41) is 9.10. The van der Waals surface area contributed by atoms with E-state index in [1.807, 2.05) is 66.0 Å². The number of rotatable bonds is 6. The highest BCUT2D eigenvalue weighted by Crippen LogP contribution is 2.27. The van der Waals surface area contributed by atoms with Gasteiger partial charge < -0.3 is 0 Å². The van der Waals surface area contributed by atoms with E-state index in [1.165, 1.54) is 34.4 Å². The first kappa shape index (κ1) is 21.9. The van der Waals surface area contributed by atoms with Crippen LogP contribution in [-0.4, -0.2) is 43.8 Å². The van der Waals surface area contributed by atoms with Crippen molar-refractivity contribution in [2.45, 2.75) is 6.42 Å². The summed E-state index contributed by atoms with van der Waals surface area (Å²) in [5.41, 5.74) is 3.69. The van der Waals surface area contributed by atoms with Crippen LogP contribution in [0.2, 0.25) is 0 Å². The summed E-state index contributed by atoms with van der Waals surface area (Å²) in [6, 6.07) is 24.0. The lowest BCUT2D eigenvalue weighted by atomic mass is 10.1. The van der Waals surface area contributed by atoms with Gasteiger partial charge in [-0.15, -0.1) is 16.4 Å². The number of hydrogen-bond donors (Lipinski definition) is 1. The largest absolute Gasteiger partial charge is 0.289 e. The second kappa shape index (κ2) is 8.86. The van der Waals surface area contributed by atoms with Crippen molar-refractivity contribution < 1.29 is 14.4 Å². The highest BCUT2D eigenvalue weighted by atomic mass is 32.1. The molecule has 8 nitrogen and oxygen atoms in total. The summed E-state index contributed by atoms with van der Waals surface area (Å²) >= 11 is 1.42. The van der Waals surface area contributed by atoms with Crippen LogP contribution in [0.25, 0.3) is 16.2 Å². The number of aromatic nitrogens is 3. The molecule has 3 heterocycles. The Morgan fingerprint density at radius 1 is 0.889 bits per heavy atom. The molecule has 0 radical (unpaired) electrons.